The molecule has 8 N–H and O–H groups in total. The standard InChI is InChI=1S/C10H21N5O3/c11-7(9(17)18)3-1-5-14-8(16)4-2-6-15-10(12)13/h7H,1-6,11H2,(H,14,16)(H,17,18)(H4,12,13,15)/t7-/m0/s1. The summed E-state index contributed by atoms with van der Waals surface area (Å²) in [6, 6.07) is -0.873. The summed E-state index contributed by atoms with van der Waals surface area (Å²) in [5.41, 5.74) is 10.4. The summed E-state index contributed by atoms with van der Waals surface area (Å²) in [6.45, 7) is 0.895. The molecule has 8 nitrogen and oxygen atoms in total. The van der Waals surface area contributed by atoms with Crippen molar-refractivity contribution in [3.8, 4) is 0 Å². The third-order valence-electron chi connectivity index (χ3n) is 2.23. The quantitative estimate of drug-likeness (QED) is 0.169. The van der Waals surface area contributed by atoms with Crippen molar-refractivity contribution < 1.29 is 14.7 Å². The smallest absolute Gasteiger partial charge is 0.320 e. The number of nitrogens with two attached hydrogens (primary N) is 2. The first-order chi connectivity index (χ1) is 8.43. The van der Waals surface area contributed by atoms with Crippen LogP contribution in [0.5, 0.6) is 0 Å². The highest BCUT2D eigenvalue weighted by Crippen LogP contribution is 1.94. The number of carboxylic acids is 1. The van der Waals surface area contributed by atoms with Crippen LogP contribution in [-0.4, -0.2) is 42.1 Å². The Morgan fingerprint density at radius 3 is 2.39 bits per heavy atom. The second kappa shape index (κ2) is 9.23. The van der Waals surface area contributed by atoms with Crippen LogP contribution in [0.25, 0.3) is 0 Å². The van der Waals surface area contributed by atoms with E-state index in [4.69, 9.17) is 22.0 Å². The first kappa shape index (κ1) is 16.2. The summed E-state index contributed by atoms with van der Waals surface area (Å²) in [7, 11) is 0. The van der Waals surface area contributed by atoms with Crippen LogP contribution in [0.15, 0.2) is 0 Å². The van der Waals surface area contributed by atoms with Gasteiger partial charge in [0.2, 0.25) is 5.91 Å². The number of hydrogen-bond donors (Lipinski definition) is 6. The molecular weight excluding hydrogens is 238 g/mol. The van der Waals surface area contributed by atoms with Crippen molar-refractivity contribution in [1.29, 1.82) is 5.41 Å². The molecule has 18 heavy (non-hydrogen) atoms. The van der Waals surface area contributed by atoms with E-state index in [0.29, 0.717) is 38.8 Å². The fourth-order valence-corrected chi connectivity index (χ4v) is 1.23. The highest BCUT2D eigenvalue weighted by atomic mass is 16.4. The first-order valence-corrected chi connectivity index (χ1v) is 5.76. The normalized spacial score (nSPS) is 11.6. The third-order valence-corrected chi connectivity index (χ3v) is 2.23. The zero-order valence-corrected chi connectivity index (χ0v) is 10.2. The summed E-state index contributed by atoms with van der Waals surface area (Å²) in [5.74, 6) is -1.25. The minimum Gasteiger partial charge on any atom is -0.480 e. The van der Waals surface area contributed by atoms with Gasteiger partial charge in [-0.1, -0.05) is 0 Å². The first-order valence-electron chi connectivity index (χ1n) is 5.76. The van der Waals surface area contributed by atoms with E-state index in [2.05, 4.69) is 10.6 Å². The molecule has 0 aromatic rings. The number of carboxylic acid groups (broad SMARTS) is 1. The van der Waals surface area contributed by atoms with Gasteiger partial charge in [0.15, 0.2) is 5.96 Å². The lowest BCUT2D eigenvalue weighted by molar-refractivity contribution is -0.138. The predicted molar refractivity (Wildman–Crippen MR) is 67.0 cm³/mol. The Kier molecular flexibility index (Phi) is 8.29. The number of guanidine groups is 1. The Bertz CT molecular complexity index is 295. The van der Waals surface area contributed by atoms with Gasteiger partial charge in [0.1, 0.15) is 6.04 Å². The molecule has 8 heteroatoms. The summed E-state index contributed by atoms with van der Waals surface area (Å²) in [5, 5.41) is 20.7. The molecule has 0 aliphatic heterocycles. The van der Waals surface area contributed by atoms with Crippen LogP contribution in [0, 0.1) is 5.41 Å². The van der Waals surface area contributed by atoms with Crippen molar-refractivity contribution in [3.63, 3.8) is 0 Å². The highest BCUT2D eigenvalue weighted by molar-refractivity contribution is 5.76. The van der Waals surface area contributed by atoms with Gasteiger partial charge in [-0.25, -0.2) is 0 Å². The maximum absolute atomic E-state index is 11.3. The van der Waals surface area contributed by atoms with E-state index in [0.717, 1.165) is 0 Å². The molecule has 0 aliphatic rings. The number of aliphatic carboxylic acids is 1. The van der Waals surface area contributed by atoms with E-state index in [1.807, 2.05) is 0 Å². The molecular formula is C10H21N5O3. The van der Waals surface area contributed by atoms with Crippen molar-refractivity contribution in [2.24, 2.45) is 11.5 Å². The average Bonchev–Trinajstić information content (AvgIpc) is 2.29. The average molecular weight is 259 g/mol. The number of amides is 1. The van der Waals surface area contributed by atoms with Crippen molar-refractivity contribution in [3.05, 3.63) is 0 Å². The lowest BCUT2D eigenvalue weighted by atomic mass is 10.1. The van der Waals surface area contributed by atoms with Gasteiger partial charge in [0, 0.05) is 19.5 Å². The van der Waals surface area contributed by atoms with Crippen molar-refractivity contribution in [1.82, 2.24) is 10.6 Å². The summed E-state index contributed by atoms with van der Waals surface area (Å²) in [4.78, 5) is 21.7. The second-order valence-corrected chi connectivity index (χ2v) is 3.88. The molecule has 0 saturated carbocycles. The van der Waals surface area contributed by atoms with E-state index < -0.39 is 12.0 Å². The van der Waals surface area contributed by atoms with E-state index in [1.54, 1.807) is 0 Å². The van der Waals surface area contributed by atoms with Gasteiger partial charge < -0.3 is 27.2 Å². The fourth-order valence-electron chi connectivity index (χ4n) is 1.23. The van der Waals surface area contributed by atoms with E-state index in [9.17, 15) is 9.59 Å². The number of carbonyl (C=O) groups is 2. The minimum absolute atomic E-state index is 0.107. The van der Waals surface area contributed by atoms with Crippen LogP contribution in [-0.2, 0) is 9.59 Å². The fraction of sp³-hybridized carbons (Fsp3) is 0.700. The van der Waals surface area contributed by atoms with Crippen molar-refractivity contribution >= 4 is 17.8 Å². The SMILES string of the molecule is N=C(N)NCCCC(=O)NCCC[C@H](N)C(=O)O. The number of rotatable bonds is 9. The van der Waals surface area contributed by atoms with E-state index >= 15 is 0 Å². The van der Waals surface area contributed by atoms with Gasteiger partial charge in [-0.05, 0) is 19.3 Å². The summed E-state index contributed by atoms with van der Waals surface area (Å²) >= 11 is 0. The largest absolute Gasteiger partial charge is 0.480 e. The maximum atomic E-state index is 11.3. The summed E-state index contributed by atoms with van der Waals surface area (Å²) < 4.78 is 0. The van der Waals surface area contributed by atoms with Crippen LogP contribution < -0.4 is 22.1 Å². The monoisotopic (exact) mass is 259 g/mol. The molecule has 1 atom stereocenters. The van der Waals surface area contributed by atoms with E-state index in [-0.39, 0.29) is 11.9 Å². The van der Waals surface area contributed by atoms with Crippen LogP contribution >= 0.6 is 0 Å². The Morgan fingerprint density at radius 2 is 1.83 bits per heavy atom. The molecule has 0 fully saturated rings. The van der Waals surface area contributed by atoms with Gasteiger partial charge in [0.05, 0.1) is 0 Å². The zero-order valence-electron chi connectivity index (χ0n) is 10.2. The number of hydrogen-bond acceptors (Lipinski definition) is 4. The van der Waals surface area contributed by atoms with Gasteiger partial charge in [0.25, 0.3) is 0 Å². The van der Waals surface area contributed by atoms with Crippen LogP contribution in [0.4, 0.5) is 0 Å². The molecule has 0 radical (unpaired) electrons. The molecule has 0 bridgehead atoms. The van der Waals surface area contributed by atoms with Crippen molar-refractivity contribution in [2.45, 2.75) is 31.7 Å². The maximum Gasteiger partial charge on any atom is 0.320 e. The van der Waals surface area contributed by atoms with Crippen LogP contribution in [0.3, 0.4) is 0 Å². The molecule has 0 spiro atoms. The Hall–Kier alpha value is -1.83. The van der Waals surface area contributed by atoms with Crippen LogP contribution in [0.1, 0.15) is 25.7 Å². The third kappa shape index (κ3) is 9.40. The Balaban J connectivity index is 3.42. The van der Waals surface area contributed by atoms with Gasteiger partial charge >= 0.3 is 5.97 Å². The van der Waals surface area contributed by atoms with Gasteiger partial charge in [-0.15, -0.1) is 0 Å². The minimum atomic E-state index is -1.03. The topological polar surface area (TPSA) is 154 Å². The molecule has 0 unspecified atom stereocenters. The lowest BCUT2D eigenvalue weighted by Crippen LogP contribution is -2.33. The summed E-state index contributed by atoms with van der Waals surface area (Å²) in [6.07, 6.45) is 1.79. The van der Waals surface area contributed by atoms with Gasteiger partial charge in [-0.3, -0.25) is 15.0 Å². The molecule has 104 valence electrons. The number of carbonyl (C=O) groups excluding carboxylic acids is 1. The second-order valence-electron chi connectivity index (χ2n) is 3.88. The molecule has 0 rings (SSSR count). The van der Waals surface area contributed by atoms with Crippen LogP contribution in [0.2, 0.25) is 0 Å². The lowest BCUT2D eigenvalue weighted by Gasteiger charge is -2.08. The molecule has 1 amide bonds. The Labute approximate surface area is 106 Å². The Morgan fingerprint density at radius 1 is 1.22 bits per heavy atom. The van der Waals surface area contributed by atoms with Crippen molar-refractivity contribution in [2.75, 3.05) is 13.1 Å². The molecule has 0 aliphatic carbocycles. The highest BCUT2D eigenvalue weighted by Gasteiger charge is 2.10. The molecule has 0 heterocycles. The predicted octanol–water partition coefficient (Wildman–Crippen LogP) is -1.44. The number of nitrogens with one attached hydrogen (secondary N) is 3. The molecule has 0 saturated heterocycles. The molecule has 0 aromatic heterocycles. The van der Waals surface area contributed by atoms with E-state index in [1.165, 1.54) is 0 Å². The molecule has 0 aromatic carbocycles. The zero-order chi connectivity index (χ0) is 14.0. The van der Waals surface area contributed by atoms with Gasteiger partial charge in [-0.2, -0.15) is 0 Å².